The fraction of sp³-hybridized carbons (Fsp3) is 0.625. The maximum absolute atomic E-state index is 13.8. The summed E-state index contributed by atoms with van der Waals surface area (Å²) in [6, 6.07) is 5.29. The number of benzene rings is 1. The molecule has 1 aromatic carbocycles. The molecule has 3 nitrogen and oxygen atoms in total. The molecule has 2 N–H and O–H groups in total. The number of halogens is 2. The predicted octanol–water partition coefficient (Wildman–Crippen LogP) is 3.21. The zero-order valence-corrected chi connectivity index (χ0v) is 13.5. The van der Waals surface area contributed by atoms with Gasteiger partial charge in [0, 0.05) is 13.1 Å². The Labute approximate surface area is 133 Å². The van der Waals surface area contributed by atoms with Crippen molar-refractivity contribution in [3.05, 3.63) is 29.6 Å². The Hall–Kier alpha value is -0.840. The topological polar surface area (TPSA) is 38.5 Å². The Morgan fingerprint density at radius 1 is 1.43 bits per heavy atom. The zero-order valence-electron chi connectivity index (χ0n) is 12.7. The number of nitrogens with zero attached hydrogens (tertiary/aromatic N) is 1. The van der Waals surface area contributed by atoms with Crippen molar-refractivity contribution in [2.45, 2.75) is 32.7 Å². The molecule has 5 heteroatoms. The molecule has 21 heavy (non-hydrogen) atoms. The van der Waals surface area contributed by atoms with Crippen molar-refractivity contribution in [2.24, 2.45) is 11.7 Å². The number of hydrogen-bond acceptors (Lipinski definition) is 3. The zero-order chi connectivity index (χ0) is 14.4. The van der Waals surface area contributed by atoms with Gasteiger partial charge in [0.05, 0.1) is 6.61 Å². The molecule has 1 unspecified atom stereocenters. The first-order chi connectivity index (χ1) is 9.72. The van der Waals surface area contributed by atoms with E-state index in [4.69, 9.17) is 10.5 Å². The molecular weight excluding hydrogens is 291 g/mol. The van der Waals surface area contributed by atoms with Crippen molar-refractivity contribution in [3.63, 3.8) is 0 Å². The fourth-order valence-electron chi connectivity index (χ4n) is 2.94. The van der Waals surface area contributed by atoms with Crippen molar-refractivity contribution in [3.8, 4) is 5.75 Å². The quantitative estimate of drug-likeness (QED) is 0.876. The lowest BCUT2D eigenvalue weighted by molar-refractivity contribution is 0.163. The molecule has 0 bridgehead atoms. The van der Waals surface area contributed by atoms with Crippen LogP contribution in [0.4, 0.5) is 4.39 Å². The Morgan fingerprint density at radius 3 is 2.90 bits per heavy atom. The molecule has 0 radical (unpaired) electrons. The van der Waals surface area contributed by atoms with E-state index in [1.54, 1.807) is 12.1 Å². The number of nitrogens with two attached hydrogens (primary N) is 1. The number of piperidine rings is 1. The van der Waals surface area contributed by atoms with E-state index in [1.165, 1.54) is 12.8 Å². The second-order valence-corrected chi connectivity index (χ2v) is 5.52. The smallest absolute Gasteiger partial charge is 0.165 e. The van der Waals surface area contributed by atoms with E-state index in [9.17, 15) is 4.39 Å². The maximum atomic E-state index is 13.8. The van der Waals surface area contributed by atoms with Gasteiger partial charge in [0.15, 0.2) is 11.6 Å². The van der Waals surface area contributed by atoms with Crippen LogP contribution in [0.3, 0.4) is 0 Å². The molecule has 0 amide bonds. The van der Waals surface area contributed by atoms with E-state index in [2.05, 4.69) is 4.90 Å². The minimum Gasteiger partial charge on any atom is -0.491 e. The Morgan fingerprint density at radius 2 is 2.24 bits per heavy atom. The van der Waals surface area contributed by atoms with Gasteiger partial charge in [-0.2, -0.15) is 0 Å². The molecule has 1 aromatic rings. The Bertz CT molecular complexity index is 429. The van der Waals surface area contributed by atoms with Crippen LogP contribution >= 0.6 is 12.4 Å². The van der Waals surface area contributed by atoms with E-state index in [0.29, 0.717) is 18.3 Å². The van der Waals surface area contributed by atoms with Crippen molar-refractivity contribution in [1.82, 2.24) is 4.90 Å². The summed E-state index contributed by atoms with van der Waals surface area (Å²) in [6.07, 6.45) is 3.57. The lowest BCUT2D eigenvalue weighted by Gasteiger charge is -2.32. The van der Waals surface area contributed by atoms with Gasteiger partial charge in [0.1, 0.15) is 0 Å². The van der Waals surface area contributed by atoms with Crippen LogP contribution in [0.15, 0.2) is 18.2 Å². The first-order valence-corrected chi connectivity index (χ1v) is 7.56. The number of rotatable bonds is 6. The van der Waals surface area contributed by atoms with Crippen molar-refractivity contribution < 1.29 is 9.13 Å². The van der Waals surface area contributed by atoms with Gasteiger partial charge in [-0.1, -0.05) is 6.07 Å². The summed E-state index contributed by atoms with van der Waals surface area (Å²) < 4.78 is 19.1. The van der Waals surface area contributed by atoms with E-state index in [0.717, 1.165) is 38.2 Å². The van der Waals surface area contributed by atoms with Gasteiger partial charge in [0.2, 0.25) is 0 Å². The van der Waals surface area contributed by atoms with Gasteiger partial charge in [-0.3, -0.25) is 4.90 Å². The van der Waals surface area contributed by atoms with Crippen LogP contribution in [-0.4, -0.2) is 31.1 Å². The van der Waals surface area contributed by atoms with Gasteiger partial charge in [0.25, 0.3) is 0 Å². The third-order valence-electron chi connectivity index (χ3n) is 3.88. The number of hydrogen-bond donors (Lipinski definition) is 1. The second-order valence-electron chi connectivity index (χ2n) is 5.52. The molecule has 1 atom stereocenters. The first-order valence-electron chi connectivity index (χ1n) is 7.56. The highest BCUT2D eigenvalue weighted by Crippen LogP contribution is 2.23. The van der Waals surface area contributed by atoms with Crippen molar-refractivity contribution >= 4 is 12.4 Å². The summed E-state index contributed by atoms with van der Waals surface area (Å²) in [7, 11) is 0. The van der Waals surface area contributed by atoms with Gasteiger partial charge >= 0.3 is 0 Å². The molecule has 2 rings (SSSR count). The third-order valence-corrected chi connectivity index (χ3v) is 3.88. The summed E-state index contributed by atoms with van der Waals surface area (Å²) in [4.78, 5) is 2.40. The summed E-state index contributed by atoms with van der Waals surface area (Å²) >= 11 is 0. The van der Waals surface area contributed by atoms with Crippen molar-refractivity contribution in [1.29, 1.82) is 0 Å². The van der Waals surface area contributed by atoms with Crippen molar-refractivity contribution in [2.75, 3.05) is 26.2 Å². The monoisotopic (exact) mass is 316 g/mol. The molecule has 1 heterocycles. The van der Waals surface area contributed by atoms with Gasteiger partial charge in [-0.05, 0) is 62.9 Å². The third kappa shape index (κ3) is 5.46. The normalized spacial score (nSPS) is 19.1. The molecule has 0 aromatic heterocycles. The average molecular weight is 317 g/mol. The standard InChI is InChI=1S/C16H25FN2O.ClH/c1-2-20-16-6-5-14(10-15(16)17)12-19-9-3-4-13(11-19)7-8-18;/h5-6,10,13H,2-4,7-9,11-12,18H2,1H3;1H. The largest absolute Gasteiger partial charge is 0.491 e. The minimum absolute atomic E-state index is 0. The Balaban J connectivity index is 0.00000220. The van der Waals surface area contributed by atoms with E-state index < -0.39 is 0 Å². The summed E-state index contributed by atoms with van der Waals surface area (Å²) in [5.41, 5.74) is 6.65. The molecular formula is C16H26ClFN2O. The van der Waals surface area contributed by atoms with Crippen LogP contribution < -0.4 is 10.5 Å². The van der Waals surface area contributed by atoms with Crippen LogP contribution in [0.2, 0.25) is 0 Å². The van der Waals surface area contributed by atoms with Crippen LogP contribution in [0.1, 0.15) is 31.7 Å². The average Bonchev–Trinajstić information content (AvgIpc) is 2.43. The van der Waals surface area contributed by atoms with Gasteiger partial charge < -0.3 is 10.5 Å². The van der Waals surface area contributed by atoms with Crippen LogP contribution in [0, 0.1) is 11.7 Å². The molecule has 1 aliphatic rings. The molecule has 1 fully saturated rings. The van der Waals surface area contributed by atoms with E-state index >= 15 is 0 Å². The predicted molar refractivity (Wildman–Crippen MR) is 86.5 cm³/mol. The van der Waals surface area contributed by atoms with E-state index in [1.807, 2.05) is 13.0 Å². The highest BCUT2D eigenvalue weighted by atomic mass is 35.5. The van der Waals surface area contributed by atoms with Crippen LogP contribution in [-0.2, 0) is 6.54 Å². The lowest BCUT2D eigenvalue weighted by atomic mass is 9.94. The maximum Gasteiger partial charge on any atom is 0.165 e. The minimum atomic E-state index is -0.264. The summed E-state index contributed by atoms with van der Waals surface area (Å²) in [6.45, 7) is 6.09. The molecule has 0 saturated carbocycles. The fourth-order valence-corrected chi connectivity index (χ4v) is 2.94. The summed E-state index contributed by atoms with van der Waals surface area (Å²) in [5.74, 6) is 0.775. The second kappa shape index (κ2) is 9.23. The SMILES string of the molecule is CCOc1ccc(CN2CCCC(CCN)C2)cc1F.Cl. The number of ether oxygens (including phenoxy) is 1. The van der Waals surface area contributed by atoms with Crippen LogP contribution in [0.25, 0.3) is 0 Å². The molecule has 1 saturated heterocycles. The van der Waals surface area contributed by atoms with Crippen LogP contribution in [0.5, 0.6) is 5.75 Å². The first kappa shape index (κ1) is 18.2. The van der Waals surface area contributed by atoms with Gasteiger partial charge in [-0.25, -0.2) is 4.39 Å². The highest BCUT2D eigenvalue weighted by Gasteiger charge is 2.19. The molecule has 0 aliphatic carbocycles. The Kier molecular flexibility index (Phi) is 8.01. The van der Waals surface area contributed by atoms with E-state index in [-0.39, 0.29) is 18.2 Å². The summed E-state index contributed by atoms with van der Waals surface area (Å²) in [5, 5.41) is 0. The lowest BCUT2D eigenvalue weighted by Crippen LogP contribution is -2.35. The molecule has 0 spiro atoms. The highest BCUT2D eigenvalue weighted by molar-refractivity contribution is 5.85. The van der Waals surface area contributed by atoms with Gasteiger partial charge in [-0.15, -0.1) is 12.4 Å². The molecule has 1 aliphatic heterocycles. The number of likely N-dealkylation sites (tertiary alicyclic amines) is 1. The molecule has 120 valence electrons.